The first kappa shape index (κ1) is 10.9. The summed E-state index contributed by atoms with van der Waals surface area (Å²) in [5.74, 6) is 0. The van der Waals surface area contributed by atoms with Gasteiger partial charge in [0.05, 0.1) is 19.3 Å². The number of hydrogen-bond acceptors (Lipinski definition) is 4. The molecule has 0 aromatic carbocycles. The summed E-state index contributed by atoms with van der Waals surface area (Å²) in [7, 11) is 1.65. The van der Waals surface area contributed by atoms with Gasteiger partial charge in [-0.15, -0.1) is 0 Å². The maximum atomic E-state index is 9.57. The second-order valence-corrected chi connectivity index (χ2v) is 3.35. The molecular weight excluding hydrogens is 170 g/mol. The Morgan fingerprint density at radius 3 is 2.77 bits per heavy atom. The van der Waals surface area contributed by atoms with Crippen molar-refractivity contribution < 1.29 is 14.6 Å². The Hall–Kier alpha value is -0.160. The molecule has 0 spiro atoms. The Bertz CT molecular complexity index is 126. The lowest BCUT2D eigenvalue weighted by Gasteiger charge is -2.28. The third-order valence-electron chi connectivity index (χ3n) is 2.23. The largest absolute Gasteiger partial charge is 0.392 e. The molecule has 0 aromatic heterocycles. The van der Waals surface area contributed by atoms with Crippen LogP contribution in [0.2, 0.25) is 0 Å². The molecule has 4 nitrogen and oxygen atoms in total. The van der Waals surface area contributed by atoms with E-state index in [0.29, 0.717) is 13.0 Å². The van der Waals surface area contributed by atoms with E-state index in [4.69, 9.17) is 9.47 Å². The van der Waals surface area contributed by atoms with Crippen LogP contribution in [0.3, 0.4) is 0 Å². The molecule has 1 unspecified atom stereocenters. The highest BCUT2D eigenvalue weighted by Gasteiger charge is 2.14. The average molecular weight is 189 g/mol. The zero-order valence-electron chi connectivity index (χ0n) is 8.24. The van der Waals surface area contributed by atoms with Crippen LogP contribution in [0.5, 0.6) is 0 Å². The van der Waals surface area contributed by atoms with Crippen molar-refractivity contribution in [1.82, 2.24) is 4.90 Å². The van der Waals surface area contributed by atoms with Gasteiger partial charge in [-0.2, -0.15) is 0 Å². The van der Waals surface area contributed by atoms with E-state index in [1.165, 1.54) is 0 Å². The van der Waals surface area contributed by atoms with E-state index in [1.807, 2.05) is 0 Å². The fourth-order valence-corrected chi connectivity index (χ4v) is 1.43. The van der Waals surface area contributed by atoms with Crippen molar-refractivity contribution in [3.05, 3.63) is 0 Å². The summed E-state index contributed by atoms with van der Waals surface area (Å²) < 4.78 is 10.1. The molecule has 0 amide bonds. The average Bonchev–Trinajstić information content (AvgIpc) is 2.16. The van der Waals surface area contributed by atoms with E-state index >= 15 is 0 Å². The first-order valence-corrected chi connectivity index (χ1v) is 4.80. The van der Waals surface area contributed by atoms with Crippen molar-refractivity contribution >= 4 is 0 Å². The quantitative estimate of drug-likeness (QED) is 0.645. The van der Waals surface area contributed by atoms with Crippen LogP contribution in [0.1, 0.15) is 6.42 Å². The third kappa shape index (κ3) is 4.57. The van der Waals surface area contributed by atoms with E-state index < -0.39 is 0 Å². The van der Waals surface area contributed by atoms with E-state index in [9.17, 15) is 5.11 Å². The van der Waals surface area contributed by atoms with Crippen molar-refractivity contribution in [2.24, 2.45) is 0 Å². The van der Waals surface area contributed by atoms with Gasteiger partial charge in [0, 0.05) is 33.4 Å². The number of methoxy groups -OCH3 is 1. The van der Waals surface area contributed by atoms with E-state index in [0.717, 1.165) is 32.8 Å². The molecule has 0 aromatic rings. The van der Waals surface area contributed by atoms with Gasteiger partial charge in [0.1, 0.15) is 0 Å². The molecule has 1 heterocycles. The molecule has 1 fully saturated rings. The number of β-amino-alcohol motifs (C(OH)–C–C–N with tert-alkyl or cyclic N) is 1. The minimum absolute atomic E-state index is 0.266. The van der Waals surface area contributed by atoms with Crippen molar-refractivity contribution in [2.45, 2.75) is 12.5 Å². The normalized spacial score (nSPS) is 21.7. The van der Waals surface area contributed by atoms with Crippen LogP contribution < -0.4 is 0 Å². The second kappa shape index (κ2) is 6.32. The van der Waals surface area contributed by atoms with Crippen LogP contribution in [0.4, 0.5) is 0 Å². The molecule has 1 rings (SSSR count). The summed E-state index contributed by atoms with van der Waals surface area (Å²) in [6.45, 7) is 4.82. The lowest BCUT2D eigenvalue weighted by atomic mass is 10.2. The SMILES string of the molecule is COCCC(O)CN1CCOCC1. The second-order valence-electron chi connectivity index (χ2n) is 3.35. The molecule has 0 radical (unpaired) electrons. The highest BCUT2D eigenvalue weighted by molar-refractivity contribution is 4.66. The Morgan fingerprint density at radius 2 is 2.15 bits per heavy atom. The molecular formula is C9H19NO3. The Kier molecular flexibility index (Phi) is 5.31. The predicted octanol–water partition coefficient (Wildman–Crippen LogP) is -0.284. The summed E-state index contributed by atoms with van der Waals surface area (Å²) in [6.07, 6.45) is 0.450. The van der Waals surface area contributed by atoms with Crippen molar-refractivity contribution in [3.63, 3.8) is 0 Å². The summed E-state index contributed by atoms with van der Waals surface area (Å²) in [4.78, 5) is 2.23. The predicted molar refractivity (Wildman–Crippen MR) is 49.8 cm³/mol. The molecule has 0 bridgehead atoms. The number of ether oxygens (including phenoxy) is 2. The Balaban J connectivity index is 2.07. The van der Waals surface area contributed by atoms with Gasteiger partial charge >= 0.3 is 0 Å². The highest BCUT2D eigenvalue weighted by Crippen LogP contribution is 2.01. The number of morpholine rings is 1. The Morgan fingerprint density at radius 1 is 1.46 bits per heavy atom. The monoisotopic (exact) mass is 189 g/mol. The minimum atomic E-state index is -0.266. The molecule has 1 aliphatic heterocycles. The molecule has 1 saturated heterocycles. The van der Waals surface area contributed by atoms with Gasteiger partial charge in [0.15, 0.2) is 0 Å². The standard InChI is InChI=1S/C9H19NO3/c1-12-5-2-9(11)8-10-3-6-13-7-4-10/h9,11H,2-8H2,1H3. The summed E-state index contributed by atoms with van der Waals surface area (Å²) in [5.41, 5.74) is 0. The first-order chi connectivity index (χ1) is 6.33. The van der Waals surface area contributed by atoms with Crippen LogP contribution >= 0.6 is 0 Å². The van der Waals surface area contributed by atoms with Gasteiger partial charge in [0.25, 0.3) is 0 Å². The van der Waals surface area contributed by atoms with Gasteiger partial charge < -0.3 is 14.6 Å². The lowest BCUT2D eigenvalue weighted by molar-refractivity contribution is 0.00831. The van der Waals surface area contributed by atoms with Crippen molar-refractivity contribution in [2.75, 3.05) is 46.6 Å². The maximum absolute atomic E-state index is 9.57. The van der Waals surface area contributed by atoms with E-state index in [1.54, 1.807) is 7.11 Å². The van der Waals surface area contributed by atoms with Gasteiger partial charge in [0.2, 0.25) is 0 Å². The van der Waals surface area contributed by atoms with Gasteiger partial charge in [-0.05, 0) is 6.42 Å². The zero-order valence-corrected chi connectivity index (χ0v) is 8.24. The van der Waals surface area contributed by atoms with Crippen LogP contribution in [0.25, 0.3) is 0 Å². The number of nitrogens with zero attached hydrogens (tertiary/aromatic N) is 1. The molecule has 1 aliphatic rings. The number of aliphatic hydroxyl groups is 1. The number of aliphatic hydroxyl groups excluding tert-OH is 1. The van der Waals surface area contributed by atoms with Gasteiger partial charge in [-0.25, -0.2) is 0 Å². The summed E-state index contributed by atoms with van der Waals surface area (Å²) in [6, 6.07) is 0. The highest BCUT2D eigenvalue weighted by atomic mass is 16.5. The van der Waals surface area contributed by atoms with Gasteiger partial charge in [-0.1, -0.05) is 0 Å². The number of rotatable bonds is 5. The van der Waals surface area contributed by atoms with E-state index in [2.05, 4.69) is 4.90 Å². The van der Waals surface area contributed by atoms with E-state index in [-0.39, 0.29) is 6.10 Å². The molecule has 1 N–H and O–H groups in total. The Labute approximate surface area is 79.4 Å². The topological polar surface area (TPSA) is 41.9 Å². The lowest BCUT2D eigenvalue weighted by Crippen LogP contribution is -2.41. The fraction of sp³-hybridized carbons (Fsp3) is 1.00. The van der Waals surface area contributed by atoms with Crippen LogP contribution in [-0.4, -0.2) is 62.7 Å². The molecule has 78 valence electrons. The maximum Gasteiger partial charge on any atom is 0.0689 e. The summed E-state index contributed by atoms with van der Waals surface area (Å²) in [5, 5.41) is 9.57. The van der Waals surface area contributed by atoms with Crippen LogP contribution in [0.15, 0.2) is 0 Å². The molecule has 4 heteroatoms. The fourth-order valence-electron chi connectivity index (χ4n) is 1.43. The summed E-state index contributed by atoms with van der Waals surface area (Å²) >= 11 is 0. The van der Waals surface area contributed by atoms with Gasteiger partial charge in [-0.3, -0.25) is 4.90 Å². The molecule has 0 saturated carbocycles. The van der Waals surface area contributed by atoms with Crippen LogP contribution in [0, 0.1) is 0 Å². The van der Waals surface area contributed by atoms with Crippen LogP contribution in [-0.2, 0) is 9.47 Å². The molecule has 1 atom stereocenters. The molecule has 0 aliphatic carbocycles. The van der Waals surface area contributed by atoms with Crippen molar-refractivity contribution in [3.8, 4) is 0 Å². The smallest absolute Gasteiger partial charge is 0.0689 e. The third-order valence-corrected chi connectivity index (χ3v) is 2.23. The first-order valence-electron chi connectivity index (χ1n) is 4.80. The minimum Gasteiger partial charge on any atom is -0.392 e. The zero-order chi connectivity index (χ0) is 9.52. The van der Waals surface area contributed by atoms with Crippen molar-refractivity contribution in [1.29, 1.82) is 0 Å². The molecule has 13 heavy (non-hydrogen) atoms. The number of hydrogen-bond donors (Lipinski definition) is 1.